The van der Waals surface area contributed by atoms with Crippen LogP contribution in [0.5, 0.6) is 0 Å². The third-order valence-corrected chi connectivity index (χ3v) is 4.41. The van der Waals surface area contributed by atoms with Gasteiger partial charge in [0.15, 0.2) is 11.7 Å². The quantitative estimate of drug-likeness (QED) is 0.437. The second-order valence-corrected chi connectivity index (χ2v) is 6.34. The molecule has 2 aromatic rings. The van der Waals surface area contributed by atoms with E-state index in [-0.39, 0.29) is 6.54 Å². The van der Waals surface area contributed by atoms with E-state index < -0.39 is 17.8 Å². The van der Waals surface area contributed by atoms with Crippen LogP contribution in [0.3, 0.4) is 0 Å². The molecule has 0 bridgehead atoms. The van der Waals surface area contributed by atoms with Crippen LogP contribution in [0.25, 0.3) is 0 Å². The molecule has 0 aromatic carbocycles. The van der Waals surface area contributed by atoms with Crippen molar-refractivity contribution >= 4 is 23.3 Å². The van der Waals surface area contributed by atoms with Crippen molar-refractivity contribution in [3.05, 3.63) is 39.2 Å². The molecule has 0 saturated carbocycles. The van der Waals surface area contributed by atoms with Crippen molar-refractivity contribution in [1.82, 2.24) is 15.6 Å². The van der Waals surface area contributed by atoms with Gasteiger partial charge < -0.3 is 19.8 Å². The minimum Gasteiger partial charge on any atom is -0.465 e. The molecule has 0 radical (unpaired) electrons. The maximum absolute atomic E-state index is 12.5. The summed E-state index contributed by atoms with van der Waals surface area (Å²) in [6.45, 7) is 2.29. The third kappa shape index (κ3) is 5.71. The van der Waals surface area contributed by atoms with E-state index in [1.807, 2.05) is 0 Å². The van der Waals surface area contributed by atoms with Crippen LogP contribution < -0.4 is 10.6 Å². The Bertz CT molecular complexity index is 814. The number of ether oxygens (including phenoxy) is 1. The number of nitrogens with one attached hydrogen (secondary N) is 2. The summed E-state index contributed by atoms with van der Waals surface area (Å²) in [4.78, 5) is 19.2. The summed E-state index contributed by atoms with van der Waals surface area (Å²) in [6, 6.07) is 1.58. The third-order valence-electron chi connectivity index (χ3n) is 3.50. The monoisotopic (exact) mass is 404 g/mol. The predicted molar refractivity (Wildman–Crippen MR) is 93.8 cm³/mol. The van der Waals surface area contributed by atoms with Gasteiger partial charge in [0.2, 0.25) is 0 Å². The van der Waals surface area contributed by atoms with Crippen molar-refractivity contribution in [2.24, 2.45) is 4.99 Å². The first-order valence-electron chi connectivity index (χ1n) is 7.88. The van der Waals surface area contributed by atoms with Gasteiger partial charge in [-0.05, 0) is 13.0 Å². The largest absolute Gasteiger partial charge is 0.465 e. The summed E-state index contributed by atoms with van der Waals surface area (Å²) in [7, 11) is 2.85. The topological polar surface area (TPSA) is 88.8 Å². The molecule has 7 nitrogen and oxygen atoms in total. The van der Waals surface area contributed by atoms with Gasteiger partial charge in [-0.15, -0.1) is 11.3 Å². The van der Waals surface area contributed by atoms with E-state index in [0.717, 1.165) is 16.7 Å². The Balaban J connectivity index is 1.83. The first kappa shape index (κ1) is 20.7. The van der Waals surface area contributed by atoms with Crippen LogP contribution >= 0.6 is 11.3 Å². The zero-order valence-electron chi connectivity index (χ0n) is 14.9. The van der Waals surface area contributed by atoms with Gasteiger partial charge in [-0.1, -0.05) is 0 Å². The number of halogens is 3. The van der Waals surface area contributed by atoms with E-state index in [1.54, 1.807) is 20.0 Å². The second kappa shape index (κ2) is 8.89. The number of guanidine groups is 1. The lowest BCUT2D eigenvalue weighted by molar-refractivity contribution is -0.140. The lowest BCUT2D eigenvalue weighted by Gasteiger charge is -2.10. The molecule has 2 N–H and O–H groups in total. The maximum Gasteiger partial charge on any atom is 0.434 e. The molecule has 0 fully saturated rings. The van der Waals surface area contributed by atoms with Gasteiger partial charge in [-0.2, -0.15) is 13.2 Å². The van der Waals surface area contributed by atoms with Crippen LogP contribution in [0.1, 0.15) is 32.6 Å². The molecule has 0 amide bonds. The zero-order valence-corrected chi connectivity index (χ0v) is 15.8. The zero-order chi connectivity index (χ0) is 20.0. The number of rotatable bonds is 6. The summed E-state index contributed by atoms with van der Waals surface area (Å²) in [5.41, 5.74) is -0.527. The minimum absolute atomic E-state index is 0.271. The molecule has 2 rings (SSSR count). The van der Waals surface area contributed by atoms with E-state index in [1.165, 1.54) is 7.11 Å². The number of methoxy groups -OCH3 is 1. The summed E-state index contributed by atoms with van der Waals surface area (Å²) in [5.74, 6) is 0.930. The van der Waals surface area contributed by atoms with Crippen LogP contribution in [0.4, 0.5) is 13.2 Å². The summed E-state index contributed by atoms with van der Waals surface area (Å²) >= 11 is 0.965. The average Bonchev–Trinajstić information content (AvgIpc) is 3.23. The number of esters is 1. The van der Waals surface area contributed by atoms with E-state index >= 15 is 0 Å². The Hall–Kier alpha value is -2.56. The number of hydrogen-bond donors (Lipinski definition) is 2. The molecule has 0 atom stereocenters. The highest BCUT2D eigenvalue weighted by Crippen LogP contribution is 2.30. The molecule has 2 aromatic heterocycles. The number of carbonyl (C=O) groups excluding carboxylic acids is 1. The molecular weight excluding hydrogens is 385 g/mol. The number of alkyl halides is 3. The SMILES string of the molecule is CN=C(NCCc1nc(C(F)(F)F)cs1)NCc1cc(C(=O)OC)c(C)o1. The molecule has 0 spiro atoms. The highest BCUT2D eigenvalue weighted by molar-refractivity contribution is 7.09. The van der Waals surface area contributed by atoms with E-state index in [0.29, 0.717) is 41.0 Å². The smallest absolute Gasteiger partial charge is 0.434 e. The molecule has 0 aliphatic carbocycles. The van der Waals surface area contributed by atoms with Crippen LogP contribution in [0, 0.1) is 6.92 Å². The second-order valence-electron chi connectivity index (χ2n) is 5.40. The normalized spacial score (nSPS) is 12.1. The summed E-state index contributed by atoms with van der Waals surface area (Å²) in [5, 5.41) is 7.36. The molecule has 0 unspecified atom stereocenters. The Labute approximate surface area is 157 Å². The summed E-state index contributed by atoms with van der Waals surface area (Å²) in [6.07, 6.45) is -4.10. The first-order valence-corrected chi connectivity index (χ1v) is 8.76. The molecule has 27 heavy (non-hydrogen) atoms. The van der Waals surface area contributed by atoms with Gasteiger partial charge in [-0.3, -0.25) is 4.99 Å². The number of carbonyl (C=O) groups is 1. The Morgan fingerprint density at radius 1 is 1.41 bits per heavy atom. The molecular formula is C16H19F3N4O3S. The van der Waals surface area contributed by atoms with Crippen LogP contribution in [-0.2, 0) is 23.9 Å². The van der Waals surface area contributed by atoms with Crippen LogP contribution in [0.15, 0.2) is 20.9 Å². The molecule has 11 heteroatoms. The molecule has 2 heterocycles. The van der Waals surface area contributed by atoms with E-state index in [9.17, 15) is 18.0 Å². The van der Waals surface area contributed by atoms with Gasteiger partial charge >= 0.3 is 12.1 Å². The lowest BCUT2D eigenvalue weighted by Crippen LogP contribution is -2.37. The minimum atomic E-state index is -4.43. The Morgan fingerprint density at radius 3 is 2.74 bits per heavy atom. The van der Waals surface area contributed by atoms with E-state index in [2.05, 4.69) is 25.3 Å². The fourth-order valence-corrected chi connectivity index (χ4v) is 2.98. The fourth-order valence-electron chi connectivity index (χ4n) is 2.18. The molecule has 148 valence electrons. The van der Waals surface area contributed by atoms with Crippen molar-refractivity contribution in [1.29, 1.82) is 0 Å². The Kier molecular flexibility index (Phi) is 6.83. The van der Waals surface area contributed by atoms with Crippen molar-refractivity contribution in [2.45, 2.75) is 26.1 Å². The number of thiazole rings is 1. The van der Waals surface area contributed by atoms with Gasteiger partial charge in [0.1, 0.15) is 17.1 Å². The van der Waals surface area contributed by atoms with Crippen molar-refractivity contribution in [2.75, 3.05) is 20.7 Å². The number of furan rings is 1. The number of aromatic nitrogens is 1. The van der Waals surface area contributed by atoms with Gasteiger partial charge in [0.05, 0.1) is 18.7 Å². The van der Waals surface area contributed by atoms with Gasteiger partial charge in [0, 0.05) is 25.4 Å². The fraction of sp³-hybridized carbons (Fsp3) is 0.438. The van der Waals surface area contributed by atoms with Crippen LogP contribution in [0.2, 0.25) is 0 Å². The predicted octanol–water partition coefficient (Wildman–Crippen LogP) is 2.76. The van der Waals surface area contributed by atoms with Crippen LogP contribution in [-0.4, -0.2) is 37.6 Å². The van der Waals surface area contributed by atoms with Gasteiger partial charge in [0.25, 0.3) is 0 Å². The highest BCUT2D eigenvalue weighted by atomic mass is 32.1. The van der Waals surface area contributed by atoms with Crippen molar-refractivity contribution in [3.8, 4) is 0 Å². The number of hydrogen-bond acceptors (Lipinski definition) is 6. The Morgan fingerprint density at radius 2 is 2.15 bits per heavy atom. The van der Waals surface area contributed by atoms with Crippen molar-refractivity contribution < 1.29 is 27.1 Å². The maximum atomic E-state index is 12.5. The standard InChI is InChI=1S/C16H19F3N4O3S/c1-9-11(14(24)25-3)6-10(26-9)7-22-15(20-2)21-5-4-13-23-12(8-27-13)16(17,18)19/h6,8H,4-5,7H2,1-3H3,(H2,20,21,22). The lowest BCUT2D eigenvalue weighted by atomic mass is 10.2. The average molecular weight is 404 g/mol. The van der Waals surface area contributed by atoms with E-state index in [4.69, 9.17) is 4.42 Å². The molecule has 0 saturated heterocycles. The first-order chi connectivity index (χ1) is 12.7. The number of aliphatic imine (C=N–C) groups is 1. The molecule has 0 aliphatic heterocycles. The summed E-state index contributed by atoms with van der Waals surface area (Å²) < 4.78 is 47.7. The number of aryl methyl sites for hydroxylation is 1. The van der Waals surface area contributed by atoms with Gasteiger partial charge in [-0.25, -0.2) is 9.78 Å². The van der Waals surface area contributed by atoms with Crippen molar-refractivity contribution in [3.63, 3.8) is 0 Å². The number of nitrogens with zero attached hydrogens (tertiary/aromatic N) is 2. The highest BCUT2D eigenvalue weighted by Gasteiger charge is 2.33. The molecule has 0 aliphatic rings.